The second kappa shape index (κ2) is 8.01. The number of carbonyl (C=O) groups excluding carboxylic acids is 2. The van der Waals surface area contributed by atoms with E-state index in [9.17, 15) is 14.7 Å². The number of amides is 1. The van der Waals surface area contributed by atoms with Gasteiger partial charge in [-0.15, -0.1) is 0 Å². The Labute approximate surface area is 183 Å². The first-order valence-electron chi connectivity index (χ1n) is 10.4. The number of aromatic nitrogens is 1. The Bertz CT molecular complexity index is 1330. The smallest absolute Gasteiger partial charge is 0.290 e. The van der Waals surface area contributed by atoms with Crippen LogP contribution in [0.15, 0.2) is 76.5 Å². The van der Waals surface area contributed by atoms with Gasteiger partial charge in [0.2, 0.25) is 5.78 Å². The van der Waals surface area contributed by atoms with E-state index in [0.29, 0.717) is 25.2 Å². The number of H-pyrrole nitrogens is 1. The van der Waals surface area contributed by atoms with Crippen molar-refractivity contribution in [3.63, 3.8) is 0 Å². The molecule has 32 heavy (non-hydrogen) atoms. The van der Waals surface area contributed by atoms with E-state index in [1.165, 1.54) is 4.90 Å². The van der Waals surface area contributed by atoms with Crippen molar-refractivity contribution < 1.29 is 23.8 Å². The van der Waals surface area contributed by atoms with Crippen LogP contribution in [0.5, 0.6) is 0 Å². The maximum atomic E-state index is 13.6. The highest BCUT2D eigenvalue weighted by Gasteiger charge is 2.45. The Morgan fingerprint density at radius 1 is 1.19 bits per heavy atom. The molecule has 1 aliphatic rings. The number of Topliss-reactive ketones (excluding diaryl/α,β-unsaturated/α-hetero) is 1. The number of carbonyl (C=O) groups is 2. The number of hydrogen-bond donors (Lipinski definition) is 2. The molecule has 0 saturated heterocycles. The molecule has 1 aliphatic heterocycles. The lowest BCUT2D eigenvalue weighted by molar-refractivity contribution is -0.129. The molecular formula is C25H22N2O5. The van der Waals surface area contributed by atoms with Crippen molar-refractivity contribution in [2.75, 3.05) is 20.3 Å². The van der Waals surface area contributed by atoms with Crippen molar-refractivity contribution in [2.45, 2.75) is 12.5 Å². The number of ketones is 1. The number of aromatic amines is 1. The molecule has 1 amide bonds. The molecule has 1 unspecified atom stereocenters. The predicted molar refractivity (Wildman–Crippen MR) is 119 cm³/mol. The van der Waals surface area contributed by atoms with Crippen LogP contribution in [0.2, 0.25) is 0 Å². The fourth-order valence-corrected chi connectivity index (χ4v) is 4.37. The van der Waals surface area contributed by atoms with Crippen LogP contribution in [-0.2, 0) is 9.53 Å². The first kappa shape index (κ1) is 20.1. The van der Waals surface area contributed by atoms with Gasteiger partial charge in [-0.2, -0.15) is 0 Å². The zero-order valence-electron chi connectivity index (χ0n) is 17.5. The third-order valence-electron chi connectivity index (χ3n) is 5.86. The molecule has 0 saturated carbocycles. The van der Waals surface area contributed by atoms with Crippen LogP contribution >= 0.6 is 0 Å². The zero-order chi connectivity index (χ0) is 22.2. The number of ether oxygens (including phenoxy) is 1. The fraction of sp³-hybridized carbons (Fsp3) is 0.200. The van der Waals surface area contributed by atoms with Crippen molar-refractivity contribution in [3.05, 3.63) is 83.5 Å². The van der Waals surface area contributed by atoms with Gasteiger partial charge in [0.25, 0.3) is 5.91 Å². The fourth-order valence-electron chi connectivity index (χ4n) is 4.37. The number of para-hydroxylation sites is 2. The highest BCUT2D eigenvalue weighted by atomic mass is 16.5. The second-order valence-corrected chi connectivity index (χ2v) is 7.78. The van der Waals surface area contributed by atoms with Crippen LogP contribution in [-0.4, -0.2) is 46.9 Å². The summed E-state index contributed by atoms with van der Waals surface area (Å²) in [5, 5.41) is 12.5. The number of nitrogens with one attached hydrogen (secondary N) is 1. The molecule has 0 bridgehead atoms. The molecule has 7 heteroatoms. The van der Waals surface area contributed by atoms with Gasteiger partial charge in [-0.25, -0.2) is 0 Å². The summed E-state index contributed by atoms with van der Waals surface area (Å²) >= 11 is 0. The molecule has 7 nitrogen and oxygen atoms in total. The molecule has 0 radical (unpaired) electrons. The normalized spacial score (nSPS) is 16.6. The molecule has 0 spiro atoms. The summed E-state index contributed by atoms with van der Waals surface area (Å²) in [5.41, 5.74) is 2.22. The average molecular weight is 430 g/mol. The molecule has 4 aromatic rings. The summed E-state index contributed by atoms with van der Waals surface area (Å²) in [5.74, 6) is -1.53. The zero-order valence-corrected chi connectivity index (χ0v) is 17.5. The molecule has 2 N–H and O–H groups in total. The van der Waals surface area contributed by atoms with Gasteiger partial charge in [-0.3, -0.25) is 9.59 Å². The van der Waals surface area contributed by atoms with Crippen molar-refractivity contribution >= 4 is 33.6 Å². The minimum atomic E-state index is -0.740. The first-order valence-corrected chi connectivity index (χ1v) is 10.4. The van der Waals surface area contributed by atoms with Gasteiger partial charge in [0, 0.05) is 48.3 Å². The Morgan fingerprint density at radius 2 is 1.97 bits per heavy atom. The third kappa shape index (κ3) is 3.18. The summed E-state index contributed by atoms with van der Waals surface area (Å²) in [6.07, 6.45) is 2.36. The van der Waals surface area contributed by atoms with E-state index in [2.05, 4.69) is 4.98 Å². The van der Waals surface area contributed by atoms with Gasteiger partial charge in [0.05, 0.1) is 11.6 Å². The molecule has 162 valence electrons. The average Bonchev–Trinajstić information content (AvgIpc) is 3.49. The number of aliphatic hydroxyl groups excluding tert-OH is 1. The lowest BCUT2D eigenvalue weighted by atomic mass is 9.94. The third-order valence-corrected chi connectivity index (χ3v) is 5.86. The van der Waals surface area contributed by atoms with Crippen molar-refractivity contribution in [3.8, 4) is 0 Å². The Hall–Kier alpha value is -3.84. The Morgan fingerprint density at radius 3 is 2.78 bits per heavy atom. The number of fused-ring (bicyclic) bond motifs is 2. The monoisotopic (exact) mass is 430 g/mol. The van der Waals surface area contributed by atoms with Crippen LogP contribution < -0.4 is 0 Å². The second-order valence-electron chi connectivity index (χ2n) is 7.78. The molecule has 2 aromatic carbocycles. The number of hydrogen-bond acceptors (Lipinski definition) is 5. The minimum absolute atomic E-state index is 0.0243. The maximum Gasteiger partial charge on any atom is 0.290 e. The lowest BCUT2D eigenvalue weighted by Gasteiger charge is -2.26. The number of furan rings is 1. The predicted octanol–water partition coefficient (Wildman–Crippen LogP) is 4.53. The molecule has 3 heterocycles. The number of nitrogens with zero attached hydrogens (tertiary/aromatic N) is 1. The van der Waals surface area contributed by atoms with Crippen molar-refractivity contribution in [1.29, 1.82) is 0 Å². The topological polar surface area (TPSA) is 95.8 Å². The Balaban J connectivity index is 1.62. The summed E-state index contributed by atoms with van der Waals surface area (Å²) in [4.78, 5) is 31.3. The number of methoxy groups -OCH3 is 1. The SMILES string of the molecule is COCCCN1C(=O)C(O)=C(C(=O)c2cc3ccccc3o2)C1c1c[nH]c2ccccc12. The summed E-state index contributed by atoms with van der Waals surface area (Å²) in [6.45, 7) is 0.788. The summed E-state index contributed by atoms with van der Waals surface area (Å²) < 4.78 is 10.9. The Kier molecular flexibility index (Phi) is 5.03. The lowest BCUT2D eigenvalue weighted by Crippen LogP contribution is -2.32. The minimum Gasteiger partial charge on any atom is -0.503 e. The van der Waals surface area contributed by atoms with E-state index in [1.807, 2.05) is 42.5 Å². The number of rotatable bonds is 7. The first-order chi connectivity index (χ1) is 15.6. The maximum absolute atomic E-state index is 13.6. The number of aliphatic hydroxyl groups is 1. The van der Waals surface area contributed by atoms with Gasteiger partial charge in [-0.05, 0) is 24.6 Å². The molecule has 0 aliphatic carbocycles. The molecule has 0 fully saturated rings. The molecular weight excluding hydrogens is 408 g/mol. The van der Waals surface area contributed by atoms with Gasteiger partial charge in [-0.1, -0.05) is 36.4 Å². The number of benzene rings is 2. The highest BCUT2D eigenvalue weighted by molar-refractivity contribution is 6.16. The van der Waals surface area contributed by atoms with Crippen molar-refractivity contribution in [2.24, 2.45) is 0 Å². The van der Waals surface area contributed by atoms with Crippen LogP contribution in [0.1, 0.15) is 28.6 Å². The van der Waals surface area contributed by atoms with Crippen LogP contribution in [0, 0.1) is 0 Å². The van der Waals surface area contributed by atoms with Gasteiger partial charge < -0.3 is 24.1 Å². The molecule has 1 atom stereocenters. The van der Waals surface area contributed by atoms with Gasteiger partial charge >= 0.3 is 0 Å². The van der Waals surface area contributed by atoms with E-state index in [-0.39, 0.29) is 11.3 Å². The standard InChI is InChI=1S/C25H22N2O5/c1-31-12-6-11-27-22(17-14-26-18-9-4-3-8-16(17)18)21(24(29)25(27)30)23(28)20-13-15-7-2-5-10-19(15)32-20/h2-5,7-10,13-14,22,26,29H,6,11-12H2,1H3. The van der Waals surface area contributed by atoms with E-state index in [1.54, 1.807) is 25.4 Å². The van der Waals surface area contributed by atoms with Crippen LogP contribution in [0.4, 0.5) is 0 Å². The van der Waals surface area contributed by atoms with Crippen LogP contribution in [0.3, 0.4) is 0 Å². The highest BCUT2D eigenvalue weighted by Crippen LogP contribution is 2.42. The van der Waals surface area contributed by atoms with Crippen molar-refractivity contribution in [1.82, 2.24) is 9.88 Å². The van der Waals surface area contributed by atoms with E-state index in [0.717, 1.165) is 21.9 Å². The van der Waals surface area contributed by atoms with Gasteiger partial charge in [0.1, 0.15) is 5.58 Å². The summed E-state index contributed by atoms with van der Waals surface area (Å²) in [7, 11) is 1.59. The van der Waals surface area contributed by atoms with E-state index >= 15 is 0 Å². The quantitative estimate of drug-likeness (QED) is 0.332. The molecule has 2 aromatic heterocycles. The van der Waals surface area contributed by atoms with E-state index in [4.69, 9.17) is 9.15 Å². The molecule has 5 rings (SSSR count). The van der Waals surface area contributed by atoms with Gasteiger partial charge in [0.15, 0.2) is 11.5 Å². The largest absolute Gasteiger partial charge is 0.503 e. The van der Waals surface area contributed by atoms with E-state index < -0.39 is 23.5 Å². The van der Waals surface area contributed by atoms with Crippen LogP contribution in [0.25, 0.3) is 21.9 Å². The summed E-state index contributed by atoms with van der Waals surface area (Å²) in [6, 6.07) is 15.9.